The minimum Gasteiger partial charge on any atom is -0.346 e. The predicted molar refractivity (Wildman–Crippen MR) is 175 cm³/mol. The van der Waals surface area contributed by atoms with Gasteiger partial charge in [-0.25, -0.2) is 22.8 Å². The van der Waals surface area contributed by atoms with Crippen LogP contribution in [0.2, 0.25) is 0 Å². The van der Waals surface area contributed by atoms with E-state index in [9.17, 15) is 47.4 Å². The van der Waals surface area contributed by atoms with Gasteiger partial charge in [-0.15, -0.1) is 0 Å². The highest BCUT2D eigenvalue weighted by Gasteiger charge is 2.54. The molecule has 3 aromatic rings. The summed E-state index contributed by atoms with van der Waals surface area (Å²) in [5.74, 6) is 5.54. The van der Waals surface area contributed by atoms with Gasteiger partial charge in [-0.05, 0) is 31.0 Å². The number of hydrogen-bond acceptors (Lipinski definition) is 13. The molecule has 0 radical (unpaired) electrons. The third-order valence-electron chi connectivity index (χ3n) is 7.14. The number of fused-ring (bicyclic) bond motifs is 1. The smallest absolute Gasteiger partial charge is 0.346 e. The monoisotopic (exact) mass is 792 g/mol. The van der Waals surface area contributed by atoms with Gasteiger partial charge in [-0.3, -0.25) is 23.4 Å². The number of phosphoric acid groups is 3. The van der Waals surface area contributed by atoms with Crippen LogP contribution >= 0.6 is 31.1 Å². The Labute approximate surface area is 289 Å². The Balaban J connectivity index is 1.27. The van der Waals surface area contributed by atoms with Crippen molar-refractivity contribution >= 4 is 31.1 Å². The van der Waals surface area contributed by atoms with Crippen molar-refractivity contribution < 1.29 is 69.5 Å². The number of phosphoric ester groups is 1. The zero-order valence-corrected chi connectivity index (χ0v) is 30.2. The number of nitrogens with one attached hydrogen (secondary N) is 1. The molecule has 5 rings (SSSR count). The fraction of sp³-hybridized carbons (Fsp3) is 0.357. The summed E-state index contributed by atoms with van der Waals surface area (Å²) in [7, 11) is -22.5. The Kier molecular flexibility index (Phi) is 12.1. The van der Waals surface area contributed by atoms with Crippen LogP contribution in [-0.4, -0.2) is 60.3 Å². The van der Waals surface area contributed by atoms with Gasteiger partial charge in [0.15, 0.2) is 12.5 Å². The van der Waals surface area contributed by atoms with E-state index >= 15 is 0 Å². The van der Waals surface area contributed by atoms with Crippen LogP contribution in [0.15, 0.2) is 70.4 Å². The molecule has 9 atom stereocenters. The van der Waals surface area contributed by atoms with E-state index in [0.29, 0.717) is 12.0 Å². The third kappa shape index (κ3) is 10.6. The lowest BCUT2D eigenvalue weighted by Crippen LogP contribution is -2.38. The van der Waals surface area contributed by atoms with E-state index in [1.807, 2.05) is 19.1 Å². The van der Waals surface area contributed by atoms with Crippen molar-refractivity contribution in [3.8, 4) is 11.8 Å². The number of aromatic amines is 1. The molecule has 0 saturated carbocycles. The van der Waals surface area contributed by atoms with Crippen LogP contribution in [0.1, 0.15) is 41.8 Å². The summed E-state index contributed by atoms with van der Waals surface area (Å²) >= 11 is 0. The van der Waals surface area contributed by atoms with Crippen LogP contribution in [0.25, 0.3) is 0 Å². The molecule has 3 heterocycles. The fourth-order valence-electron chi connectivity index (χ4n) is 4.98. The molecule has 19 nitrogen and oxygen atoms in total. The molecule has 51 heavy (non-hydrogen) atoms. The molecular formula is C28H32N2O17P4. The second-order valence-electron chi connectivity index (χ2n) is 11.2. The summed E-state index contributed by atoms with van der Waals surface area (Å²) < 4.78 is 85.2. The maximum atomic E-state index is 12.9. The molecular weight excluding hydrogens is 760 g/mol. The second-order valence-corrected chi connectivity index (χ2v) is 17.8. The minimum atomic E-state index is -6.01. The fourth-order valence-corrected chi connectivity index (χ4v) is 10.6. The molecule has 2 aromatic carbocycles. The summed E-state index contributed by atoms with van der Waals surface area (Å²) in [4.78, 5) is 67.6. The zero-order chi connectivity index (χ0) is 37.2. The van der Waals surface area contributed by atoms with Crippen molar-refractivity contribution in [3.05, 3.63) is 104 Å². The van der Waals surface area contributed by atoms with Gasteiger partial charge in [0, 0.05) is 11.8 Å². The molecule has 276 valence electrons. The number of benzene rings is 2. The molecule has 2 aliphatic heterocycles. The van der Waals surface area contributed by atoms with Crippen LogP contribution in [0.3, 0.4) is 0 Å². The molecule has 1 aromatic heterocycles. The SMILES string of the molecule is CCC1OC2[C@@H](O1)[C@@H](COP(=O)(O)OP(=O)(O)OP(=O)(O)OP(=O)(O)Cc1ccccc1)O[C@H]2n1cc(C#Cc2ccc(C)cc2)c(=O)[nH]c1=O. The quantitative estimate of drug-likeness (QED) is 0.123. The molecule has 0 amide bonds. The van der Waals surface area contributed by atoms with Crippen LogP contribution in [0.4, 0.5) is 0 Å². The standard InChI is InChI=1S/C28H32N2O17P4/c1-3-23-43-24-22(16-41-49(35,36)46-51(39,40)47-50(37,38)45-48(33,34)17-20-7-5-4-6-8-20)42-27(25(24)44-23)30-15-21(26(31)29-28(30)32)14-13-19-11-9-18(2)10-12-19/h4-12,15,22-25,27H,3,16-17H2,1-2H3,(H,33,34)(H,35,36)(H,37,38)(H,39,40)(H,29,31,32)/t22-,23?,24+,25?,27-/m1/s1. The molecule has 0 bridgehead atoms. The van der Waals surface area contributed by atoms with Gasteiger partial charge in [0.2, 0.25) is 0 Å². The number of aryl methyl sites for hydroxylation is 1. The Hall–Kier alpha value is -2.84. The van der Waals surface area contributed by atoms with Gasteiger partial charge in [-0.1, -0.05) is 66.8 Å². The van der Waals surface area contributed by atoms with Crippen molar-refractivity contribution in [1.29, 1.82) is 0 Å². The van der Waals surface area contributed by atoms with Crippen LogP contribution in [-0.2, 0) is 56.1 Å². The number of ether oxygens (including phenoxy) is 3. The number of hydrogen-bond donors (Lipinski definition) is 5. The number of H-pyrrole nitrogens is 1. The van der Waals surface area contributed by atoms with Crippen LogP contribution < -0.4 is 11.2 Å². The summed E-state index contributed by atoms with van der Waals surface area (Å²) in [5, 5.41) is 0. The largest absolute Gasteiger partial charge is 0.490 e. The summed E-state index contributed by atoms with van der Waals surface area (Å²) in [6, 6.07) is 14.6. The molecule has 2 aliphatic rings. The van der Waals surface area contributed by atoms with Gasteiger partial charge in [0.1, 0.15) is 23.9 Å². The number of nitrogens with zero attached hydrogens (tertiary/aromatic N) is 1. The highest BCUT2D eigenvalue weighted by molar-refractivity contribution is 7.70. The second kappa shape index (κ2) is 15.6. The van der Waals surface area contributed by atoms with E-state index in [1.54, 1.807) is 25.1 Å². The Bertz CT molecular complexity index is 2110. The lowest BCUT2D eigenvalue weighted by molar-refractivity contribution is -0.152. The molecule has 2 fully saturated rings. The summed E-state index contributed by atoms with van der Waals surface area (Å²) in [6.45, 7) is 2.72. The average molecular weight is 792 g/mol. The predicted octanol–water partition coefficient (Wildman–Crippen LogP) is 3.42. The molecule has 2 saturated heterocycles. The summed E-state index contributed by atoms with van der Waals surface area (Å²) in [5.41, 5.74) is 0.0289. The lowest BCUT2D eigenvalue weighted by atomic mass is 10.1. The number of aromatic nitrogens is 2. The molecule has 0 aliphatic carbocycles. The van der Waals surface area contributed by atoms with Crippen LogP contribution in [0.5, 0.6) is 0 Å². The van der Waals surface area contributed by atoms with Crippen molar-refractivity contribution in [1.82, 2.24) is 9.55 Å². The van der Waals surface area contributed by atoms with E-state index in [4.69, 9.17) is 18.7 Å². The Morgan fingerprint density at radius 3 is 2.12 bits per heavy atom. The van der Waals surface area contributed by atoms with E-state index in [1.165, 1.54) is 24.3 Å². The maximum absolute atomic E-state index is 12.9. The topological polar surface area (TPSA) is 269 Å². The average Bonchev–Trinajstić information content (AvgIpc) is 3.58. The van der Waals surface area contributed by atoms with Crippen molar-refractivity contribution in [2.45, 2.75) is 57.3 Å². The molecule has 6 unspecified atom stereocenters. The highest BCUT2D eigenvalue weighted by Crippen LogP contribution is 2.71. The van der Waals surface area contributed by atoms with Gasteiger partial charge in [0.05, 0.1) is 12.8 Å². The van der Waals surface area contributed by atoms with Gasteiger partial charge < -0.3 is 33.8 Å². The van der Waals surface area contributed by atoms with E-state index in [0.717, 1.165) is 16.3 Å². The van der Waals surface area contributed by atoms with Crippen molar-refractivity contribution in [3.63, 3.8) is 0 Å². The Morgan fingerprint density at radius 1 is 0.824 bits per heavy atom. The first kappa shape index (κ1) is 39.4. The normalized spacial score (nSPS) is 26.1. The van der Waals surface area contributed by atoms with Gasteiger partial charge in [0.25, 0.3) is 5.56 Å². The van der Waals surface area contributed by atoms with Crippen molar-refractivity contribution in [2.75, 3.05) is 6.61 Å². The van der Waals surface area contributed by atoms with Gasteiger partial charge >= 0.3 is 36.8 Å². The first-order valence-electron chi connectivity index (χ1n) is 14.9. The first-order chi connectivity index (χ1) is 23.8. The third-order valence-corrected chi connectivity index (χ3v) is 13.5. The van der Waals surface area contributed by atoms with E-state index in [2.05, 4.69) is 29.8 Å². The molecule has 5 N–H and O–H groups in total. The van der Waals surface area contributed by atoms with Crippen LogP contribution in [0, 0.1) is 18.8 Å². The number of rotatable bonds is 13. The molecule has 23 heteroatoms. The zero-order valence-electron chi connectivity index (χ0n) is 26.6. The minimum absolute atomic E-state index is 0.101. The maximum Gasteiger partial charge on any atom is 0.490 e. The lowest BCUT2D eigenvalue weighted by Gasteiger charge is -2.22. The van der Waals surface area contributed by atoms with E-state index in [-0.39, 0.29) is 11.1 Å². The van der Waals surface area contributed by atoms with E-state index < -0.39 is 85.9 Å². The van der Waals surface area contributed by atoms with Crippen molar-refractivity contribution in [2.24, 2.45) is 0 Å². The highest BCUT2D eigenvalue weighted by atomic mass is 31.3. The Morgan fingerprint density at radius 2 is 1.45 bits per heavy atom. The van der Waals surface area contributed by atoms with Gasteiger partial charge in [-0.2, -0.15) is 8.62 Å². The molecule has 0 spiro atoms. The summed E-state index contributed by atoms with van der Waals surface area (Å²) in [6.07, 6.45) is -4.78. The first-order valence-corrected chi connectivity index (χ1v) is 21.1.